The number of aldehydes is 1. The number of aryl methyl sites for hydroxylation is 1. The Labute approximate surface area is 110 Å². The van der Waals surface area contributed by atoms with E-state index in [0.29, 0.717) is 22.8 Å². The van der Waals surface area contributed by atoms with E-state index in [0.717, 1.165) is 11.1 Å². The van der Waals surface area contributed by atoms with E-state index in [-0.39, 0.29) is 5.82 Å². The number of nitrogens with zero attached hydrogens (tertiary/aromatic N) is 2. The zero-order valence-corrected chi connectivity index (χ0v) is 10.7. The summed E-state index contributed by atoms with van der Waals surface area (Å²) >= 11 is 6.03. The highest BCUT2D eigenvalue weighted by atomic mass is 35.5. The maximum Gasteiger partial charge on any atom is 0.193 e. The lowest BCUT2D eigenvalue weighted by Gasteiger charge is -2.11. The molecule has 4 nitrogen and oxygen atoms in total. The summed E-state index contributed by atoms with van der Waals surface area (Å²) in [5, 5.41) is 0.592. The maximum absolute atomic E-state index is 10.7. The zero-order chi connectivity index (χ0) is 13.1. The number of rotatable bonds is 3. The van der Waals surface area contributed by atoms with Crippen LogP contribution in [0.15, 0.2) is 24.4 Å². The molecule has 1 aromatic heterocycles. The molecule has 92 valence electrons. The number of benzene rings is 1. The molecule has 0 N–H and O–H groups in total. The van der Waals surface area contributed by atoms with Crippen LogP contribution in [0.4, 0.5) is 0 Å². The standard InChI is InChI=1S/C13H11ClN2O2/c1-8-5-9(14)6-10(13(8)18-2)11-3-4-15-12(7-17)16-11/h3-7H,1-2H3. The molecule has 0 aliphatic heterocycles. The fraction of sp³-hybridized carbons (Fsp3) is 0.154. The van der Waals surface area contributed by atoms with Crippen molar-refractivity contribution in [3.05, 3.63) is 40.8 Å². The highest BCUT2D eigenvalue weighted by molar-refractivity contribution is 6.31. The van der Waals surface area contributed by atoms with Gasteiger partial charge in [-0.2, -0.15) is 0 Å². The number of hydrogen-bond acceptors (Lipinski definition) is 4. The van der Waals surface area contributed by atoms with Crippen LogP contribution in [-0.2, 0) is 0 Å². The molecule has 0 unspecified atom stereocenters. The molecule has 1 heterocycles. The first-order valence-corrected chi connectivity index (χ1v) is 5.66. The van der Waals surface area contributed by atoms with Gasteiger partial charge in [-0.05, 0) is 30.7 Å². The number of carbonyl (C=O) groups excluding carboxylic acids is 1. The second-order valence-corrected chi connectivity index (χ2v) is 4.16. The van der Waals surface area contributed by atoms with Crippen molar-refractivity contribution in [3.63, 3.8) is 0 Å². The quantitative estimate of drug-likeness (QED) is 0.798. The van der Waals surface area contributed by atoms with Crippen LogP contribution in [0.3, 0.4) is 0 Å². The molecule has 0 fully saturated rings. The van der Waals surface area contributed by atoms with Crippen LogP contribution in [0.25, 0.3) is 11.3 Å². The summed E-state index contributed by atoms with van der Waals surface area (Å²) in [5.74, 6) is 0.821. The third kappa shape index (κ3) is 2.33. The minimum absolute atomic E-state index is 0.132. The number of hydrogen-bond donors (Lipinski definition) is 0. The molecule has 0 saturated heterocycles. The molecule has 0 aliphatic carbocycles. The van der Waals surface area contributed by atoms with Crippen LogP contribution in [0.1, 0.15) is 16.2 Å². The Hall–Kier alpha value is -1.94. The number of methoxy groups -OCH3 is 1. The van der Waals surface area contributed by atoms with Crippen molar-refractivity contribution >= 4 is 17.9 Å². The van der Waals surface area contributed by atoms with E-state index in [1.54, 1.807) is 19.2 Å². The van der Waals surface area contributed by atoms with E-state index in [9.17, 15) is 4.79 Å². The Morgan fingerprint density at radius 3 is 2.83 bits per heavy atom. The second kappa shape index (κ2) is 5.14. The Bertz CT molecular complexity index is 600. The van der Waals surface area contributed by atoms with Gasteiger partial charge in [0.25, 0.3) is 0 Å². The summed E-state index contributed by atoms with van der Waals surface area (Å²) in [5.41, 5.74) is 2.26. The van der Waals surface area contributed by atoms with Gasteiger partial charge in [-0.15, -0.1) is 0 Å². The van der Waals surface area contributed by atoms with Crippen LogP contribution >= 0.6 is 11.6 Å². The lowest BCUT2D eigenvalue weighted by molar-refractivity contribution is 0.111. The smallest absolute Gasteiger partial charge is 0.193 e. The molecule has 0 saturated carbocycles. The summed E-state index contributed by atoms with van der Waals surface area (Å²) in [6.45, 7) is 1.90. The van der Waals surface area contributed by atoms with E-state index < -0.39 is 0 Å². The van der Waals surface area contributed by atoms with Gasteiger partial charge in [-0.1, -0.05) is 11.6 Å². The first kappa shape index (κ1) is 12.5. The van der Waals surface area contributed by atoms with E-state index in [1.165, 1.54) is 6.20 Å². The third-order valence-electron chi connectivity index (χ3n) is 2.50. The summed E-state index contributed by atoms with van der Waals surface area (Å²) in [6, 6.07) is 5.27. The third-order valence-corrected chi connectivity index (χ3v) is 2.72. The van der Waals surface area contributed by atoms with Gasteiger partial charge < -0.3 is 4.74 Å². The van der Waals surface area contributed by atoms with Gasteiger partial charge >= 0.3 is 0 Å². The molecule has 1 aromatic carbocycles. The minimum Gasteiger partial charge on any atom is -0.496 e. The lowest BCUT2D eigenvalue weighted by Crippen LogP contribution is -1.97. The molecule has 0 radical (unpaired) electrons. The molecule has 0 bridgehead atoms. The average Bonchev–Trinajstić information content (AvgIpc) is 2.38. The Morgan fingerprint density at radius 2 is 2.17 bits per heavy atom. The van der Waals surface area contributed by atoms with Crippen molar-refractivity contribution < 1.29 is 9.53 Å². The highest BCUT2D eigenvalue weighted by Crippen LogP contribution is 2.34. The fourth-order valence-corrected chi connectivity index (χ4v) is 2.04. The molecule has 0 atom stereocenters. The van der Waals surface area contributed by atoms with Gasteiger partial charge in [0, 0.05) is 16.8 Å². The predicted octanol–water partition coefficient (Wildman–Crippen LogP) is 2.93. The van der Waals surface area contributed by atoms with Crippen molar-refractivity contribution in [1.29, 1.82) is 0 Å². The largest absolute Gasteiger partial charge is 0.496 e. The van der Waals surface area contributed by atoms with Gasteiger partial charge in [0.05, 0.1) is 12.8 Å². The summed E-state index contributed by atoms with van der Waals surface area (Å²) in [6.07, 6.45) is 2.13. The molecule has 0 aliphatic rings. The van der Waals surface area contributed by atoms with Crippen LogP contribution in [0, 0.1) is 6.92 Å². The summed E-state index contributed by atoms with van der Waals surface area (Å²) in [7, 11) is 1.58. The minimum atomic E-state index is 0.132. The Balaban J connectivity index is 2.65. The van der Waals surface area contributed by atoms with Crippen molar-refractivity contribution in [1.82, 2.24) is 9.97 Å². The molecule has 5 heteroatoms. The molecule has 2 aromatic rings. The number of carbonyl (C=O) groups is 1. The normalized spacial score (nSPS) is 10.2. The van der Waals surface area contributed by atoms with Crippen LogP contribution in [0.5, 0.6) is 5.75 Å². The monoisotopic (exact) mass is 262 g/mol. The first-order valence-electron chi connectivity index (χ1n) is 5.28. The SMILES string of the molecule is COc1c(C)cc(Cl)cc1-c1ccnc(C=O)n1. The lowest BCUT2D eigenvalue weighted by atomic mass is 10.1. The van der Waals surface area contributed by atoms with Crippen LogP contribution in [-0.4, -0.2) is 23.4 Å². The number of halogens is 1. The predicted molar refractivity (Wildman–Crippen MR) is 69.2 cm³/mol. The van der Waals surface area contributed by atoms with Crippen molar-refractivity contribution in [3.8, 4) is 17.0 Å². The van der Waals surface area contributed by atoms with E-state index in [1.807, 2.05) is 13.0 Å². The van der Waals surface area contributed by atoms with Gasteiger partial charge in [-0.25, -0.2) is 9.97 Å². The average molecular weight is 263 g/mol. The fourth-order valence-electron chi connectivity index (χ4n) is 1.77. The number of aromatic nitrogens is 2. The Kier molecular flexibility index (Phi) is 3.58. The molecule has 2 rings (SSSR count). The maximum atomic E-state index is 10.7. The van der Waals surface area contributed by atoms with Gasteiger partial charge in [0.1, 0.15) is 5.75 Å². The molecular formula is C13H11ClN2O2. The first-order chi connectivity index (χ1) is 8.65. The highest BCUT2D eigenvalue weighted by Gasteiger charge is 2.12. The topological polar surface area (TPSA) is 52.1 Å². The zero-order valence-electron chi connectivity index (χ0n) is 9.98. The molecule has 0 spiro atoms. The summed E-state index contributed by atoms with van der Waals surface area (Å²) < 4.78 is 5.35. The van der Waals surface area contributed by atoms with Crippen LogP contribution in [0.2, 0.25) is 5.02 Å². The van der Waals surface area contributed by atoms with Crippen LogP contribution < -0.4 is 4.74 Å². The molecule has 0 amide bonds. The molecule has 18 heavy (non-hydrogen) atoms. The Morgan fingerprint density at radius 1 is 1.39 bits per heavy atom. The van der Waals surface area contributed by atoms with Crippen molar-refractivity contribution in [2.45, 2.75) is 6.92 Å². The van der Waals surface area contributed by atoms with Gasteiger partial charge in [0.15, 0.2) is 12.1 Å². The van der Waals surface area contributed by atoms with Gasteiger partial charge in [-0.3, -0.25) is 4.79 Å². The van der Waals surface area contributed by atoms with E-state index in [4.69, 9.17) is 16.3 Å². The van der Waals surface area contributed by atoms with E-state index >= 15 is 0 Å². The number of ether oxygens (including phenoxy) is 1. The second-order valence-electron chi connectivity index (χ2n) is 3.72. The van der Waals surface area contributed by atoms with E-state index in [2.05, 4.69) is 9.97 Å². The summed E-state index contributed by atoms with van der Waals surface area (Å²) in [4.78, 5) is 18.7. The van der Waals surface area contributed by atoms with Crippen molar-refractivity contribution in [2.75, 3.05) is 7.11 Å². The van der Waals surface area contributed by atoms with Gasteiger partial charge in [0.2, 0.25) is 0 Å². The van der Waals surface area contributed by atoms with Crippen molar-refractivity contribution in [2.24, 2.45) is 0 Å². The molecular weight excluding hydrogens is 252 g/mol.